The summed E-state index contributed by atoms with van der Waals surface area (Å²) < 4.78 is 0. The molecule has 1 aromatic rings. The number of hydrogen-bond acceptors (Lipinski definition) is 3. The molecule has 1 heterocycles. The summed E-state index contributed by atoms with van der Waals surface area (Å²) >= 11 is 0. The van der Waals surface area contributed by atoms with Crippen LogP contribution < -0.4 is 10.6 Å². The molecule has 1 saturated heterocycles. The molecule has 0 atom stereocenters. The monoisotopic (exact) mass is 303 g/mol. The second-order valence-corrected chi connectivity index (χ2v) is 6.06. The second kappa shape index (κ2) is 7.52. The Hall–Kier alpha value is -1.71. The number of aryl methyl sites for hydroxylation is 1. The average molecular weight is 303 g/mol. The lowest BCUT2D eigenvalue weighted by molar-refractivity contribution is -0.136. The third-order valence-electron chi connectivity index (χ3n) is 4.80. The third kappa shape index (κ3) is 3.54. The Balaban J connectivity index is 1.97. The number of nitrogens with two attached hydrogens (primary N) is 1. The second-order valence-electron chi connectivity index (χ2n) is 6.06. The third-order valence-corrected chi connectivity index (χ3v) is 4.80. The molecule has 4 nitrogen and oxygen atoms in total. The number of hydrogen-bond donors (Lipinski definition) is 1. The molecule has 0 unspecified atom stereocenters. The van der Waals surface area contributed by atoms with E-state index < -0.39 is 0 Å². The Morgan fingerprint density at radius 1 is 1.14 bits per heavy atom. The van der Waals surface area contributed by atoms with Crippen LogP contribution >= 0.6 is 0 Å². The summed E-state index contributed by atoms with van der Waals surface area (Å²) in [5.74, 6) is 0.511. The summed E-state index contributed by atoms with van der Waals surface area (Å²) in [5.41, 5.74) is 9.34. The molecule has 122 valence electrons. The number of anilines is 2. The molecule has 0 spiro atoms. The Morgan fingerprint density at radius 3 is 2.27 bits per heavy atom. The van der Waals surface area contributed by atoms with Gasteiger partial charge in [-0.15, -0.1) is 0 Å². The Kier molecular flexibility index (Phi) is 5.69. The standard InChI is InChI=1S/C18H29N3O/c1-4-14(5-2)18(22)21-11-9-20(10-12-21)16-8-7-15(6-3)17(19)13-16/h7-8,13-14H,4-6,9-12,19H2,1-3H3. The predicted octanol–water partition coefficient (Wildman–Crippen LogP) is 2.92. The maximum Gasteiger partial charge on any atom is 0.225 e. The Labute approximate surface area is 134 Å². The SMILES string of the molecule is CCc1ccc(N2CCN(C(=O)C(CC)CC)CC2)cc1N. The molecule has 1 aromatic carbocycles. The zero-order valence-electron chi connectivity index (χ0n) is 14.1. The van der Waals surface area contributed by atoms with E-state index in [1.165, 1.54) is 11.3 Å². The van der Waals surface area contributed by atoms with Crippen molar-refractivity contribution in [3.63, 3.8) is 0 Å². The lowest BCUT2D eigenvalue weighted by Crippen LogP contribution is -2.50. The van der Waals surface area contributed by atoms with E-state index in [9.17, 15) is 4.79 Å². The van der Waals surface area contributed by atoms with Gasteiger partial charge >= 0.3 is 0 Å². The first kappa shape index (κ1) is 16.7. The fourth-order valence-corrected chi connectivity index (χ4v) is 3.18. The normalized spacial score (nSPS) is 15.5. The van der Waals surface area contributed by atoms with Crippen LogP contribution in [0.4, 0.5) is 11.4 Å². The number of benzene rings is 1. The van der Waals surface area contributed by atoms with Gasteiger partial charge in [-0.1, -0.05) is 26.8 Å². The van der Waals surface area contributed by atoms with Crippen molar-refractivity contribution in [1.82, 2.24) is 4.90 Å². The number of rotatable bonds is 5. The van der Waals surface area contributed by atoms with Gasteiger partial charge in [-0.2, -0.15) is 0 Å². The van der Waals surface area contributed by atoms with E-state index in [1.54, 1.807) is 0 Å². The minimum absolute atomic E-state index is 0.186. The minimum Gasteiger partial charge on any atom is -0.398 e. The van der Waals surface area contributed by atoms with Crippen LogP contribution in [0.25, 0.3) is 0 Å². The highest BCUT2D eigenvalue weighted by Crippen LogP contribution is 2.23. The van der Waals surface area contributed by atoms with Gasteiger partial charge in [-0.25, -0.2) is 0 Å². The fourth-order valence-electron chi connectivity index (χ4n) is 3.18. The summed E-state index contributed by atoms with van der Waals surface area (Å²) in [5, 5.41) is 0. The quantitative estimate of drug-likeness (QED) is 0.851. The highest BCUT2D eigenvalue weighted by Gasteiger charge is 2.25. The number of nitrogens with zero attached hydrogens (tertiary/aromatic N) is 2. The van der Waals surface area contributed by atoms with Crippen molar-refractivity contribution in [3.05, 3.63) is 23.8 Å². The van der Waals surface area contributed by atoms with Gasteiger partial charge in [-0.05, 0) is 37.0 Å². The van der Waals surface area contributed by atoms with Gasteiger partial charge in [0.15, 0.2) is 0 Å². The lowest BCUT2D eigenvalue weighted by atomic mass is 10.0. The maximum absolute atomic E-state index is 12.4. The van der Waals surface area contributed by atoms with Gasteiger partial charge in [0.25, 0.3) is 0 Å². The zero-order chi connectivity index (χ0) is 16.1. The molecule has 0 bridgehead atoms. The van der Waals surface area contributed by atoms with Gasteiger partial charge in [-0.3, -0.25) is 4.79 Å². The summed E-state index contributed by atoms with van der Waals surface area (Å²) in [6.45, 7) is 9.71. The molecule has 1 amide bonds. The molecule has 0 aliphatic carbocycles. The summed E-state index contributed by atoms with van der Waals surface area (Å²) in [4.78, 5) is 16.8. The smallest absolute Gasteiger partial charge is 0.225 e. The van der Waals surface area contributed by atoms with Crippen LogP contribution in [-0.4, -0.2) is 37.0 Å². The van der Waals surface area contributed by atoms with E-state index in [2.05, 4.69) is 43.9 Å². The molecule has 2 rings (SSSR count). The molecule has 1 fully saturated rings. The van der Waals surface area contributed by atoms with Crippen LogP contribution in [0.1, 0.15) is 39.2 Å². The predicted molar refractivity (Wildman–Crippen MR) is 93.1 cm³/mol. The molecule has 22 heavy (non-hydrogen) atoms. The lowest BCUT2D eigenvalue weighted by Gasteiger charge is -2.37. The van der Waals surface area contributed by atoms with Crippen LogP contribution in [0.15, 0.2) is 18.2 Å². The first-order valence-corrected chi connectivity index (χ1v) is 8.52. The van der Waals surface area contributed by atoms with Crippen LogP contribution in [0.3, 0.4) is 0 Å². The van der Waals surface area contributed by atoms with Crippen molar-refractivity contribution in [2.45, 2.75) is 40.0 Å². The van der Waals surface area contributed by atoms with Crippen molar-refractivity contribution in [3.8, 4) is 0 Å². The molecule has 0 aromatic heterocycles. The molecule has 0 saturated carbocycles. The largest absolute Gasteiger partial charge is 0.398 e. The highest BCUT2D eigenvalue weighted by atomic mass is 16.2. The minimum atomic E-state index is 0.186. The Bertz CT molecular complexity index is 503. The molecule has 2 N–H and O–H groups in total. The zero-order valence-corrected chi connectivity index (χ0v) is 14.1. The van der Waals surface area contributed by atoms with Gasteiger partial charge in [0.2, 0.25) is 5.91 Å². The molecule has 0 radical (unpaired) electrons. The highest BCUT2D eigenvalue weighted by molar-refractivity contribution is 5.79. The molecule has 1 aliphatic rings. The van der Waals surface area contributed by atoms with Gasteiger partial charge < -0.3 is 15.5 Å². The van der Waals surface area contributed by atoms with Crippen molar-refractivity contribution in [1.29, 1.82) is 0 Å². The van der Waals surface area contributed by atoms with Crippen molar-refractivity contribution in [2.24, 2.45) is 5.92 Å². The van der Waals surface area contributed by atoms with Crippen molar-refractivity contribution >= 4 is 17.3 Å². The maximum atomic E-state index is 12.4. The number of nitrogen functional groups attached to an aromatic ring is 1. The topological polar surface area (TPSA) is 49.6 Å². The molecule has 1 aliphatic heterocycles. The van der Waals surface area contributed by atoms with Crippen LogP contribution in [0.5, 0.6) is 0 Å². The van der Waals surface area contributed by atoms with Crippen LogP contribution in [0, 0.1) is 5.92 Å². The van der Waals surface area contributed by atoms with Gasteiger partial charge in [0.05, 0.1) is 0 Å². The molecular weight excluding hydrogens is 274 g/mol. The van der Waals surface area contributed by atoms with Crippen LogP contribution in [0.2, 0.25) is 0 Å². The molecular formula is C18H29N3O. The van der Waals surface area contributed by atoms with E-state index in [1.807, 2.05) is 4.90 Å². The fraction of sp³-hybridized carbons (Fsp3) is 0.611. The number of amides is 1. The Morgan fingerprint density at radius 2 is 1.77 bits per heavy atom. The van der Waals surface area contributed by atoms with E-state index >= 15 is 0 Å². The van der Waals surface area contributed by atoms with E-state index in [0.717, 1.165) is 51.1 Å². The summed E-state index contributed by atoms with van der Waals surface area (Å²) in [6, 6.07) is 6.33. The van der Waals surface area contributed by atoms with Crippen molar-refractivity contribution in [2.75, 3.05) is 36.8 Å². The van der Waals surface area contributed by atoms with E-state index in [-0.39, 0.29) is 5.92 Å². The molecule has 4 heteroatoms. The van der Waals surface area contributed by atoms with Gasteiger partial charge in [0.1, 0.15) is 0 Å². The first-order chi connectivity index (χ1) is 10.6. The summed E-state index contributed by atoms with van der Waals surface area (Å²) in [6.07, 6.45) is 2.83. The average Bonchev–Trinajstić information content (AvgIpc) is 2.56. The first-order valence-electron chi connectivity index (χ1n) is 8.52. The number of piperazine rings is 1. The van der Waals surface area contributed by atoms with Crippen molar-refractivity contribution < 1.29 is 4.79 Å². The number of carbonyl (C=O) groups is 1. The summed E-state index contributed by atoms with van der Waals surface area (Å²) in [7, 11) is 0. The van der Waals surface area contributed by atoms with E-state index in [4.69, 9.17) is 5.73 Å². The van der Waals surface area contributed by atoms with E-state index in [0.29, 0.717) is 5.91 Å². The van der Waals surface area contributed by atoms with Crippen LogP contribution in [-0.2, 0) is 11.2 Å². The number of carbonyl (C=O) groups excluding carboxylic acids is 1. The van der Waals surface area contributed by atoms with Gasteiger partial charge in [0, 0.05) is 43.5 Å².